The van der Waals surface area contributed by atoms with Gasteiger partial charge < -0.3 is 9.80 Å². The predicted octanol–water partition coefficient (Wildman–Crippen LogP) is 5.25. The highest BCUT2D eigenvalue weighted by Gasteiger charge is 2.24. The van der Waals surface area contributed by atoms with Crippen LogP contribution in [0, 0.1) is 0 Å². The number of aromatic nitrogens is 2. The molecule has 1 amide bonds. The summed E-state index contributed by atoms with van der Waals surface area (Å²) in [5, 5.41) is 12.1. The molecule has 1 aliphatic heterocycles. The van der Waals surface area contributed by atoms with Crippen molar-refractivity contribution in [1.29, 1.82) is 0 Å². The molecule has 0 bridgehead atoms. The number of anilines is 1. The van der Waals surface area contributed by atoms with E-state index < -0.39 is 0 Å². The Morgan fingerprint density at radius 1 is 1.03 bits per heavy atom. The normalized spacial score (nSPS) is 18.6. The third kappa shape index (κ3) is 5.11. The summed E-state index contributed by atoms with van der Waals surface area (Å²) in [5.41, 5.74) is 0.857. The monoisotopic (exact) mass is 450 g/mol. The molecule has 1 aromatic heterocycles. The molecule has 1 saturated carbocycles. The molecule has 4 rings (SSSR count). The topological polar surface area (TPSA) is 49.3 Å². The summed E-state index contributed by atoms with van der Waals surface area (Å²) >= 11 is 13.7. The molecule has 5 nitrogen and oxygen atoms in total. The Morgan fingerprint density at radius 2 is 1.79 bits per heavy atom. The Kier molecular flexibility index (Phi) is 6.73. The quantitative estimate of drug-likeness (QED) is 0.596. The number of hydrogen-bond acceptors (Lipinski definition) is 5. The fourth-order valence-corrected chi connectivity index (χ4v) is 5.25. The zero-order valence-electron chi connectivity index (χ0n) is 16.2. The van der Waals surface area contributed by atoms with Crippen molar-refractivity contribution in [1.82, 2.24) is 15.1 Å². The largest absolute Gasteiger partial charge is 0.343 e. The smallest absolute Gasteiger partial charge is 0.246 e. The summed E-state index contributed by atoms with van der Waals surface area (Å²) in [7, 11) is 0. The molecular formula is C21H24Cl2N4OS. The minimum atomic E-state index is 0.0101. The molecule has 2 heterocycles. The molecule has 1 aliphatic carbocycles. The van der Waals surface area contributed by atoms with Crippen LogP contribution in [0.4, 0.5) is 5.13 Å². The first kappa shape index (κ1) is 20.6. The Bertz CT molecular complexity index is 887. The van der Waals surface area contributed by atoms with Gasteiger partial charge in [-0.05, 0) is 36.6 Å². The number of nitrogens with zero attached hydrogens (tertiary/aromatic N) is 4. The Morgan fingerprint density at radius 3 is 2.52 bits per heavy atom. The zero-order valence-corrected chi connectivity index (χ0v) is 18.5. The van der Waals surface area contributed by atoms with Crippen LogP contribution in [-0.2, 0) is 4.79 Å². The van der Waals surface area contributed by atoms with Gasteiger partial charge in [-0.15, -0.1) is 10.2 Å². The van der Waals surface area contributed by atoms with E-state index in [0.29, 0.717) is 29.1 Å². The van der Waals surface area contributed by atoms with E-state index in [1.807, 2.05) is 11.0 Å². The van der Waals surface area contributed by atoms with Crippen LogP contribution >= 0.6 is 34.5 Å². The van der Waals surface area contributed by atoms with Crippen molar-refractivity contribution >= 4 is 51.7 Å². The molecule has 0 unspecified atom stereocenters. The predicted molar refractivity (Wildman–Crippen MR) is 120 cm³/mol. The summed E-state index contributed by atoms with van der Waals surface area (Å²) in [6.45, 7) is 2.93. The van der Waals surface area contributed by atoms with Crippen LogP contribution in [0.3, 0.4) is 0 Å². The van der Waals surface area contributed by atoms with E-state index in [2.05, 4.69) is 15.1 Å². The Hall–Kier alpha value is -1.63. The molecule has 1 saturated heterocycles. The fraction of sp³-hybridized carbons (Fsp3) is 0.476. The fourth-order valence-electron chi connectivity index (χ4n) is 3.88. The standard InChI is InChI=1S/C21H24Cl2N4OS/c22-17-8-6-15(14-18(17)23)7-9-19(28)26-10-12-27(13-11-26)21-25-24-20(29-21)16-4-2-1-3-5-16/h6-9,14,16H,1-5,10-13H2/b9-7+. The van der Waals surface area contributed by atoms with Gasteiger partial charge in [0.25, 0.3) is 0 Å². The molecule has 29 heavy (non-hydrogen) atoms. The van der Waals surface area contributed by atoms with Crippen LogP contribution in [0.1, 0.15) is 48.6 Å². The van der Waals surface area contributed by atoms with Crippen LogP contribution in [0.25, 0.3) is 6.08 Å². The number of amides is 1. The first-order chi connectivity index (χ1) is 14.1. The second kappa shape index (κ2) is 9.45. The van der Waals surface area contributed by atoms with E-state index in [9.17, 15) is 4.79 Å². The third-order valence-electron chi connectivity index (χ3n) is 5.61. The van der Waals surface area contributed by atoms with Crippen LogP contribution in [0.5, 0.6) is 0 Å². The first-order valence-electron chi connectivity index (χ1n) is 10.1. The molecule has 0 N–H and O–H groups in total. The lowest BCUT2D eigenvalue weighted by atomic mass is 9.90. The van der Waals surface area contributed by atoms with Crippen molar-refractivity contribution in [2.75, 3.05) is 31.1 Å². The van der Waals surface area contributed by atoms with Gasteiger partial charge in [-0.3, -0.25) is 4.79 Å². The molecule has 8 heteroatoms. The molecular weight excluding hydrogens is 427 g/mol. The number of carbonyl (C=O) groups is 1. The van der Waals surface area contributed by atoms with Gasteiger partial charge in [-0.25, -0.2) is 0 Å². The summed E-state index contributed by atoms with van der Waals surface area (Å²) in [6, 6.07) is 5.33. The van der Waals surface area contributed by atoms with Gasteiger partial charge in [0, 0.05) is 38.2 Å². The molecule has 2 fully saturated rings. The van der Waals surface area contributed by atoms with E-state index in [1.54, 1.807) is 35.6 Å². The van der Waals surface area contributed by atoms with Crippen molar-refractivity contribution < 1.29 is 4.79 Å². The average Bonchev–Trinajstić information content (AvgIpc) is 3.25. The van der Waals surface area contributed by atoms with Crippen LogP contribution in [-0.4, -0.2) is 47.2 Å². The van der Waals surface area contributed by atoms with Crippen molar-refractivity contribution in [3.63, 3.8) is 0 Å². The SMILES string of the molecule is O=C(/C=C/c1ccc(Cl)c(Cl)c1)N1CCN(c2nnc(C3CCCCC3)s2)CC1. The maximum Gasteiger partial charge on any atom is 0.246 e. The highest BCUT2D eigenvalue weighted by atomic mass is 35.5. The molecule has 1 aromatic carbocycles. The minimum Gasteiger partial charge on any atom is -0.343 e. The minimum absolute atomic E-state index is 0.0101. The van der Waals surface area contributed by atoms with Crippen LogP contribution < -0.4 is 4.90 Å². The van der Waals surface area contributed by atoms with Crippen molar-refractivity contribution in [2.24, 2.45) is 0 Å². The number of hydrogen-bond donors (Lipinski definition) is 0. The van der Waals surface area contributed by atoms with Gasteiger partial charge in [-0.1, -0.05) is 59.9 Å². The lowest BCUT2D eigenvalue weighted by Crippen LogP contribution is -2.48. The number of carbonyl (C=O) groups excluding carboxylic acids is 1. The number of benzene rings is 1. The second-order valence-corrected chi connectivity index (χ2v) is 9.38. The van der Waals surface area contributed by atoms with Crippen LogP contribution in [0.2, 0.25) is 10.0 Å². The molecule has 0 atom stereocenters. The zero-order chi connectivity index (χ0) is 20.2. The van der Waals surface area contributed by atoms with Gasteiger partial charge in [-0.2, -0.15) is 0 Å². The summed E-state index contributed by atoms with van der Waals surface area (Å²) in [5.74, 6) is 0.597. The van der Waals surface area contributed by atoms with Crippen molar-refractivity contribution in [3.8, 4) is 0 Å². The van der Waals surface area contributed by atoms with Gasteiger partial charge >= 0.3 is 0 Å². The second-order valence-electron chi connectivity index (χ2n) is 7.58. The summed E-state index contributed by atoms with van der Waals surface area (Å²) < 4.78 is 0. The number of piperazine rings is 1. The van der Waals surface area contributed by atoms with Crippen LogP contribution in [0.15, 0.2) is 24.3 Å². The maximum atomic E-state index is 12.5. The number of halogens is 2. The van der Waals surface area contributed by atoms with Gasteiger partial charge in [0.2, 0.25) is 11.0 Å². The average molecular weight is 451 g/mol. The van der Waals surface area contributed by atoms with Crippen molar-refractivity contribution in [3.05, 3.63) is 44.9 Å². The van der Waals surface area contributed by atoms with E-state index in [4.69, 9.17) is 23.2 Å². The molecule has 2 aliphatic rings. The first-order valence-corrected chi connectivity index (χ1v) is 11.7. The lowest BCUT2D eigenvalue weighted by Gasteiger charge is -2.33. The van der Waals surface area contributed by atoms with E-state index in [0.717, 1.165) is 23.8 Å². The number of rotatable bonds is 4. The molecule has 2 aromatic rings. The summed E-state index contributed by atoms with van der Waals surface area (Å²) in [6.07, 6.45) is 9.80. The highest BCUT2D eigenvalue weighted by Crippen LogP contribution is 2.36. The van der Waals surface area contributed by atoms with E-state index in [1.165, 1.54) is 37.1 Å². The summed E-state index contributed by atoms with van der Waals surface area (Å²) in [4.78, 5) is 16.6. The van der Waals surface area contributed by atoms with Crippen molar-refractivity contribution in [2.45, 2.75) is 38.0 Å². The molecule has 0 spiro atoms. The van der Waals surface area contributed by atoms with E-state index >= 15 is 0 Å². The van der Waals surface area contributed by atoms with E-state index in [-0.39, 0.29) is 5.91 Å². The lowest BCUT2D eigenvalue weighted by molar-refractivity contribution is -0.126. The Labute approximate surface area is 185 Å². The maximum absolute atomic E-state index is 12.5. The van der Waals surface area contributed by atoms with Gasteiger partial charge in [0.15, 0.2) is 0 Å². The van der Waals surface area contributed by atoms with Gasteiger partial charge in [0.05, 0.1) is 10.0 Å². The Balaban J connectivity index is 1.30. The third-order valence-corrected chi connectivity index (χ3v) is 7.49. The molecule has 154 valence electrons. The molecule has 0 radical (unpaired) electrons. The highest BCUT2D eigenvalue weighted by molar-refractivity contribution is 7.15. The van der Waals surface area contributed by atoms with Gasteiger partial charge in [0.1, 0.15) is 5.01 Å².